The van der Waals surface area contributed by atoms with Crippen molar-refractivity contribution < 1.29 is 47.6 Å². The molecule has 15 nitrogen and oxygen atoms in total. The third-order valence-electron chi connectivity index (χ3n) is 6.23. The van der Waals surface area contributed by atoms with Crippen LogP contribution in [0.15, 0.2) is 62.2 Å². The van der Waals surface area contributed by atoms with Gasteiger partial charge in [-0.25, -0.2) is 4.79 Å². The molecule has 0 aromatic carbocycles. The van der Waals surface area contributed by atoms with E-state index in [9.17, 15) is 29.4 Å². The zero-order valence-corrected chi connectivity index (χ0v) is 21.8. The van der Waals surface area contributed by atoms with E-state index in [1.165, 1.54) is 31.9 Å². The number of pyridine rings is 1. The van der Waals surface area contributed by atoms with Crippen LogP contribution in [-0.2, 0) is 30.6 Å². The molecule has 5 heterocycles. The molecule has 2 atom stereocenters. The summed E-state index contributed by atoms with van der Waals surface area (Å²) in [6.07, 6.45) is 4.26. The largest absolute Gasteiger partial charge is 0.543 e. The van der Waals surface area contributed by atoms with Gasteiger partial charge >= 0.3 is 11.7 Å². The zero-order chi connectivity index (χ0) is 28.8. The summed E-state index contributed by atoms with van der Waals surface area (Å²) < 4.78 is 12.2. The minimum atomic E-state index is -1.80. The molecule has 0 saturated carbocycles. The molecule has 1 unspecified atom stereocenters. The number of hydrogen-bond donors (Lipinski definition) is 3. The molecule has 2 amide bonds. The number of rotatable bonds is 9. The van der Waals surface area contributed by atoms with Gasteiger partial charge in [0.25, 0.3) is 17.8 Å². The summed E-state index contributed by atoms with van der Waals surface area (Å²) >= 11 is 1.25. The van der Waals surface area contributed by atoms with Crippen LogP contribution in [0.1, 0.15) is 19.5 Å². The molecule has 1 saturated heterocycles. The predicted octanol–water partition coefficient (Wildman–Crippen LogP) is -1.02. The molecule has 2 aliphatic heterocycles. The van der Waals surface area contributed by atoms with E-state index in [0.29, 0.717) is 11.3 Å². The van der Waals surface area contributed by atoms with Gasteiger partial charge in [0.2, 0.25) is 5.60 Å². The summed E-state index contributed by atoms with van der Waals surface area (Å²) in [6, 6.07) is 3.99. The maximum absolute atomic E-state index is 13.2. The van der Waals surface area contributed by atoms with E-state index in [2.05, 4.69) is 15.5 Å². The number of aliphatic carboxylic acids is 2. The van der Waals surface area contributed by atoms with Crippen molar-refractivity contribution in [3.8, 4) is 0 Å². The Bertz CT molecular complexity index is 1610. The Morgan fingerprint density at radius 3 is 2.83 bits per heavy atom. The number of carbonyl (C=O) groups excluding carboxylic acids is 3. The number of amides is 2. The van der Waals surface area contributed by atoms with Crippen molar-refractivity contribution in [2.24, 2.45) is 5.16 Å². The number of anilines is 1. The Kier molecular flexibility index (Phi) is 6.70. The van der Waals surface area contributed by atoms with Crippen molar-refractivity contribution in [3.05, 3.63) is 53.9 Å². The summed E-state index contributed by atoms with van der Waals surface area (Å²) in [6.45, 7) is 2.57. The van der Waals surface area contributed by atoms with Crippen molar-refractivity contribution in [2.45, 2.75) is 37.4 Å². The minimum absolute atomic E-state index is 0.135. The van der Waals surface area contributed by atoms with Crippen LogP contribution < -0.4 is 20.7 Å². The lowest BCUT2D eigenvalue weighted by Crippen LogP contribution is -2.71. The van der Waals surface area contributed by atoms with Crippen LogP contribution in [0.25, 0.3) is 11.1 Å². The molecule has 0 aliphatic carbocycles. The van der Waals surface area contributed by atoms with Gasteiger partial charge in [0.15, 0.2) is 18.5 Å². The third-order valence-corrected chi connectivity index (χ3v) is 7.56. The van der Waals surface area contributed by atoms with E-state index in [0.717, 1.165) is 16.5 Å². The molecule has 0 bridgehead atoms. The van der Waals surface area contributed by atoms with Gasteiger partial charge in [-0.3, -0.25) is 14.5 Å². The lowest BCUT2D eigenvalue weighted by Gasteiger charge is -2.50. The monoisotopic (exact) mass is 570 g/mol. The smallest absolute Gasteiger partial charge is 0.380 e. The topological polar surface area (TPSA) is 217 Å². The number of nitrogen functional groups attached to an aromatic ring is 1. The summed E-state index contributed by atoms with van der Waals surface area (Å²) in [5.74, 6) is -4.29. The molecule has 3 aromatic rings. The van der Waals surface area contributed by atoms with Crippen LogP contribution >= 0.6 is 11.8 Å². The number of nitrogens with one attached hydrogen (secondary N) is 1. The molecule has 40 heavy (non-hydrogen) atoms. The van der Waals surface area contributed by atoms with Crippen LogP contribution in [0.5, 0.6) is 0 Å². The SMILES string of the molecule is CC(C)(ON=C(C(=O)NC1C(=O)N2C(C(=O)[O-])=C(C[n+]3cccc4ccoc43)CS[C@@H]12)c1coc(N)n1)C(=O)O. The first-order chi connectivity index (χ1) is 19.0. The van der Waals surface area contributed by atoms with Crippen LogP contribution in [0.2, 0.25) is 0 Å². The Hall–Kier alpha value is -4.86. The highest BCUT2D eigenvalue weighted by Crippen LogP contribution is 2.40. The minimum Gasteiger partial charge on any atom is -0.543 e. The van der Waals surface area contributed by atoms with Crippen LogP contribution in [0.3, 0.4) is 0 Å². The average Bonchev–Trinajstić information content (AvgIpc) is 3.56. The number of nitrogens with zero attached hydrogens (tertiary/aromatic N) is 4. The lowest BCUT2D eigenvalue weighted by atomic mass is 10.0. The molecule has 2 aliphatic rings. The maximum Gasteiger partial charge on any atom is 0.380 e. The molecule has 1 fully saturated rings. The van der Waals surface area contributed by atoms with Gasteiger partial charge in [0.05, 0.1) is 23.3 Å². The zero-order valence-electron chi connectivity index (χ0n) is 21.0. The standard InChI is InChI=1S/C24H22N6O9S/c1-24(2,22(35)36)39-28-14(13-9-38-23(25)26-13)17(31)27-15-18(32)30-16(21(33)34)12(10-40-20(15)30)8-29-6-3-4-11-5-7-37-19(11)29/h3-7,9,15,20H,8,10H2,1-2H3,(H4-,25,26,27,31,33,34,35,36)/t15?,20-/m0/s1. The van der Waals surface area contributed by atoms with Gasteiger partial charge < -0.3 is 39.7 Å². The van der Waals surface area contributed by atoms with E-state index in [1.54, 1.807) is 22.9 Å². The second kappa shape index (κ2) is 10.0. The van der Waals surface area contributed by atoms with Crippen LogP contribution in [0.4, 0.5) is 6.01 Å². The van der Waals surface area contributed by atoms with E-state index in [4.69, 9.17) is 19.4 Å². The molecule has 3 aromatic heterocycles. The average molecular weight is 571 g/mol. The second-order valence-electron chi connectivity index (χ2n) is 9.34. The van der Waals surface area contributed by atoms with E-state index >= 15 is 0 Å². The highest BCUT2D eigenvalue weighted by molar-refractivity contribution is 8.00. The fourth-order valence-corrected chi connectivity index (χ4v) is 5.46. The number of β-lactam (4-membered cyclic amide) rings is 1. The molecule has 0 radical (unpaired) electrons. The van der Waals surface area contributed by atoms with Crippen LogP contribution in [0, 0.1) is 0 Å². The number of fused-ring (bicyclic) bond motifs is 2. The number of oxazole rings is 1. The van der Waals surface area contributed by atoms with E-state index in [1.807, 2.05) is 6.07 Å². The van der Waals surface area contributed by atoms with Gasteiger partial charge in [-0.2, -0.15) is 9.55 Å². The fraction of sp³-hybridized carbons (Fsp3) is 0.292. The van der Waals surface area contributed by atoms with E-state index < -0.39 is 46.5 Å². The first kappa shape index (κ1) is 26.7. The van der Waals surface area contributed by atoms with Crippen molar-refractivity contribution in [3.63, 3.8) is 0 Å². The van der Waals surface area contributed by atoms with Crippen molar-refractivity contribution in [2.75, 3.05) is 11.5 Å². The first-order valence-electron chi connectivity index (χ1n) is 11.7. The van der Waals surface area contributed by atoms with Gasteiger partial charge in [0.1, 0.15) is 23.4 Å². The fourth-order valence-electron chi connectivity index (χ4n) is 4.12. The van der Waals surface area contributed by atoms with Gasteiger partial charge in [-0.15, -0.1) is 11.8 Å². The molecular formula is C24H22N6O9S. The first-order valence-corrected chi connectivity index (χ1v) is 12.8. The summed E-state index contributed by atoms with van der Waals surface area (Å²) in [5.41, 5.74) is 3.71. The Morgan fingerprint density at radius 1 is 1.38 bits per heavy atom. The van der Waals surface area contributed by atoms with Gasteiger partial charge in [-0.1, -0.05) is 5.16 Å². The Labute approximate surface area is 229 Å². The third kappa shape index (κ3) is 4.72. The predicted molar refractivity (Wildman–Crippen MR) is 134 cm³/mol. The highest BCUT2D eigenvalue weighted by Gasteiger charge is 2.53. The number of furan rings is 1. The summed E-state index contributed by atoms with van der Waals surface area (Å²) in [5, 5.41) is 27.7. The number of nitrogens with two attached hydrogens (primary N) is 1. The molecule has 4 N–H and O–H groups in total. The van der Waals surface area contributed by atoms with Gasteiger partial charge in [0, 0.05) is 17.4 Å². The molecule has 0 spiro atoms. The summed E-state index contributed by atoms with van der Waals surface area (Å²) in [4.78, 5) is 59.8. The summed E-state index contributed by atoms with van der Waals surface area (Å²) in [7, 11) is 0. The normalized spacial score (nSPS) is 19.3. The molecule has 208 valence electrons. The van der Waals surface area contributed by atoms with Crippen LogP contribution in [-0.4, -0.2) is 67.2 Å². The molecular weight excluding hydrogens is 548 g/mol. The number of carboxylic acid groups (broad SMARTS) is 2. The van der Waals surface area contributed by atoms with Gasteiger partial charge in [-0.05, 0) is 26.0 Å². The number of aromatic nitrogens is 2. The van der Waals surface area contributed by atoms with E-state index in [-0.39, 0.29) is 29.7 Å². The van der Waals surface area contributed by atoms with Crippen molar-refractivity contribution >= 4 is 58.3 Å². The lowest BCUT2D eigenvalue weighted by molar-refractivity contribution is -0.669. The quantitative estimate of drug-likeness (QED) is 0.122. The maximum atomic E-state index is 13.2. The van der Waals surface area contributed by atoms with Crippen molar-refractivity contribution in [1.82, 2.24) is 15.2 Å². The molecule has 5 rings (SSSR count). The highest BCUT2D eigenvalue weighted by atomic mass is 32.2. The Morgan fingerprint density at radius 2 is 2.15 bits per heavy atom. The number of carbonyl (C=O) groups is 4. The number of oxime groups is 1. The van der Waals surface area contributed by atoms with Crippen molar-refractivity contribution in [1.29, 1.82) is 0 Å². The number of thioether (sulfide) groups is 1. The molecule has 16 heteroatoms. The number of hydrogen-bond acceptors (Lipinski definition) is 12. The Balaban J connectivity index is 1.38. The number of carboxylic acids is 2. The second-order valence-corrected chi connectivity index (χ2v) is 10.4.